The summed E-state index contributed by atoms with van der Waals surface area (Å²) >= 11 is 0. The molecule has 1 unspecified atom stereocenters. The van der Waals surface area contributed by atoms with Crippen LogP contribution < -0.4 is 18.1 Å². The van der Waals surface area contributed by atoms with Crippen molar-refractivity contribution in [1.82, 2.24) is 0 Å². The number of carbonyl (C=O) groups excluding carboxylic acids is 2. The van der Waals surface area contributed by atoms with E-state index in [2.05, 4.69) is 18.9 Å². The number of esters is 1. The molecule has 0 rings (SSSR count). The summed E-state index contributed by atoms with van der Waals surface area (Å²) in [6, 6.07) is 0. The molecule has 0 aliphatic carbocycles. The lowest BCUT2D eigenvalue weighted by molar-refractivity contribution is -0.914. The minimum atomic E-state index is -0.481. The summed E-state index contributed by atoms with van der Waals surface area (Å²) in [5.74, 6) is -0.851. The van der Waals surface area contributed by atoms with E-state index in [4.69, 9.17) is 4.74 Å². The van der Waals surface area contributed by atoms with Crippen LogP contribution in [0.3, 0.4) is 0 Å². The Hall–Kier alpha value is -1.33. The number of carbonyl (C=O) groups is 2. The zero-order valence-electron chi connectivity index (χ0n) is 10.8. The van der Waals surface area contributed by atoms with Crippen LogP contribution in [0, 0.1) is 0 Å². The van der Waals surface area contributed by atoms with Gasteiger partial charge in [-0.25, -0.2) is 4.79 Å². The van der Waals surface area contributed by atoms with Crippen LogP contribution in [0.2, 0.25) is 0 Å². The second-order valence-corrected chi connectivity index (χ2v) is 3.96. The third kappa shape index (κ3) is 14.7. The quantitative estimate of drug-likeness (QED) is 0.263. The van der Waals surface area contributed by atoms with Crippen molar-refractivity contribution < 1.29 is 31.2 Å². The van der Waals surface area contributed by atoms with Crippen LogP contribution in [-0.2, 0) is 14.3 Å². The first kappa shape index (κ1) is 21.0. The van der Waals surface area contributed by atoms with E-state index in [-0.39, 0.29) is 24.6 Å². The van der Waals surface area contributed by atoms with E-state index in [9.17, 15) is 9.59 Å². The molecule has 0 aliphatic rings. The summed E-state index contributed by atoms with van der Waals surface area (Å²) < 4.78 is 5.58. The molecule has 0 heterocycles. The number of ether oxygens (including phenoxy) is 1. The van der Waals surface area contributed by atoms with Gasteiger partial charge in [-0.05, 0) is 6.08 Å². The van der Waals surface area contributed by atoms with Crippen LogP contribution in [0.4, 0.5) is 0 Å². The van der Waals surface area contributed by atoms with Gasteiger partial charge in [-0.15, -0.1) is 0 Å². The van der Waals surface area contributed by atoms with Crippen molar-refractivity contribution in [2.45, 2.75) is 13.2 Å². The Balaban J connectivity index is -0.000000280. The molecule has 0 aliphatic heterocycles. The Bertz CT molecular complexity index is 272. The third-order valence-corrected chi connectivity index (χ3v) is 1.75. The summed E-state index contributed by atoms with van der Waals surface area (Å²) in [5.41, 5.74) is 4.53. The Labute approximate surface area is 109 Å². The average Bonchev–Trinajstić information content (AvgIpc) is 2.16. The fourth-order valence-electron chi connectivity index (χ4n) is 0.374. The highest BCUT2D eigenvalue weighted by molar-refractivity contribution is 5.85. The zero-order chi connectivity index (χ0) is 13.4. The molecule has 0 fully saturated rings. The largest absolute Gasteiger partial charge is 1.00 e. The summed E-state index contributed by atoms with van der Waals surface area (Å²) in [5, 5.41) is 0. The monoisotopic (exact) mass is 264 g/mol. The van der Waals surface area contributed by atoms with Crippen molar-refractivity contribution in [1.29, 1.82) is 0 Å². The Morgan fingerprint density at radius 3 is 1.76 bits per heavy atom. The van der Waals surface area contributed by atoms with Gasteiger partial charge in [0.25, 0.3) is 0 Å². The number of hydrogen-bond acceptors (Lipinski definition) is 3. The molecular formula is C11H21ClN2O3. The molecule has 0 radical (unpaired) electrons. The predicted octanol–water partition coefficient (Wildman–Crippen LogP) is -2.57. The van der Waals surface area contributed by atoms with Gasteiger partial charge in [0.15, 0.2) is 0 Å². The van der Waals surface area contributed by atoms with Gasteiger partial charge in [0.2, 0.25) is 12.1 Å². The first-order valence-corrected chi connectivity index (χ1v) is 4.71. The minimum Gasteiger partial charge on any atom is -1.00 e. The van der Waals surface area contributed by atoms with Crippen molar-refractivity contribution in [3.8, 4) is 0 Å². The highest BCUT2D eigenvalue weighted by Gasteiger charge is 2.20. The van der Waals surface area contributed by atoms with Gasteiger partial charge in [-0.1, -0.05) is 13.2 Å². The molecule has 1 amide bonds. The molecule has 17 heavy (non-hydrogen) atoms. The number of nitrogens with zero attached hydrogens (tertiary/aromatic N) is 1. The molecular weight excluding hydrogens is 244 g/mol. The number of halogens is 1. The van der Waals surface area contributed by atoms with Crippen LogP contribution in [0.1, 0.15) is 6.92 Å². The highest BCUT2D eigenvalue weighted by atomic mass is 35.5. The van der Waals surface area contributed by atoms with E-state index in [1.807, 2.05) is 28.1 Å². The number of rotatable bonds is 4. The summed E-state index contributed by atoms with van der Waals surface area (Å²) in [6.45, 7) is 8.25. The van der Waals surface area contributed by atoms with Gasteiger partial charge in [-0.3, -0.25) is 9.28 Å². The Morgan fingerprint density at radius 2 is 1.59 bits per heavy atom. The van der Waals surface area contributed by atoms with Crippen molar-refractivity contribution in [2.24, 2.45) is 5.73 Å². The summed E-state index contributed by atoms with van der Waals surface area (Å²) in [6.07, 6.45) is 2.09. The lowest BCUT2D eigenvalue weighted by Gasteiger charge is -2.29. The minimum absolute atomic E-state index is 0. The van der Waals surface area contributed by atoms with E-state index in [1.165, 1.54) is 6.08 Å². The summed E-state index contributed by atoms with van der Waals surface area (Å²) in [7, 11) is 5.88. The number of quaternary nitrogens is 1. The maximum atomic E-state index is 10.7. The number of primary amides is 1. The molecule has 0 spiro atoms. The molecule has 100 valence electrons. The van der Waals surface area contributed by atoms with Gasteiger partial charge in [-0.2, -0.15) is 0 Å². The molecule has 0 aromatic rings. The van der Waals surface area contributed by atoms with E-state index < -0.39 is 5.91 Å². The maximum absolute atomic E-state index is 10.7. The lowest BCUT2D eigenvalue weighted by Crippen LogP contribution is -3.00. The van der Waals surface area contributed by atoms with Crippen molar-refractivity contribution in [3.63, 3.8) is 0 Å². The summed E-state index contributed by atoms with van der Waals surface area (Å²) in [4.78, 5) is 20.2. The first-order chi connectivity index (χ1) is 7.15. The normalized spacial score (nSPS) is 10.8. The van der Waals surface area contributed by atoms with Gasteiger partial charge in [0.1, 0.15) is 0 Å². The SMILES string of the molecule is C=CC(=O)OC(C)[N+](C)(C)C.C=CC(N)=O.[Cl-]. The number of hydrogen-bond donors (Lipinski definition) is 1. The second kappa shape index (κ2) is 9.86. The van der Waals surface area contributed by atoms with Crippen molar-refractivity contribution in [2.75, 3.05) is 21.1 Å². The van der Waals surface area contributed by atoms with E-state index in [0.29, 0.717) is 4.48 Å². The Kier molecular flexibility index (Phi) is 12.2. The van der Waals surface area contributed by atoms with Crippen molar-refractivity contribution >= 4 is 11.9 Å². The van der Waals surface area contributed by atoms with E-state index >= 15 is 0 Å². The van der Waals surface area contributed by atoms with Gasteiger partial charge in [0, 0.05) is 13.0 Å². The van der Waals surface area contributed by atoms with Crippen LogP contribution in [0.15, 0.2) is 25.3 Å². The van der Waals surface area contributed by atoms with Crippen molar-refractivity contribution in [3.05, 3.63) is 25.3 Å². The molecule has 1 atom stereocenters. The van der Waals surface area contributed by atoms with E-state index in [0.717, 1.165) is 6.08 Å². The maximum Gasteiger partial charge on any atom is 0.334 e. The fourth-order valence-corrected chi connectivity index (χ4v) is 0.374. The smallest absolute Gasteiger partial charge is 0.334 e. The van der Waals surface area contributed by atoms with Crippen LogP contribution in [-0.4, -0.2) is 43.7 Å². The number of amides is 1. The van der Waals surface area contributed by atoms with E-state index in [1.54, 1.807) is 0 Å². The van der Waals surface area contributed by atoms with Gasteiger partial charge >= 0.3 is 5.97 Å². The topological polar surface area (TPSA) is 69.4 Å². The molecule has 0 saturated heterocycles. The first-order valence-electron chi connectivity index (χ1n) is 4.71. The molecule has 0 aromatic heterocycles. The van der Waals surface area contributed by atoms with Crippen LogP contribution in [0.5, 0.6) is 0 Å². The fraction of sp³-hybridized carbons (Fsp3) is 0.455. The predicted molar refractivity (Wildman–Crippen MR) is 63.2 cm³/mol. The molecule has 5 nitrogen and oxygen atoms in total. The second-order valence-electron chi connectivity index (χ2n) is 3.96. The molecule has 6 heteroatoms. The molecule has 0 bridgehead atoms. The Morgan fingerprint density at radius 1 is 1.24 bits per heavy atom. The van der Waals surface area contributed by atoms with Gasteiger partial charge in [0.05, 0.1) is 21.1 Å². The molecule has 0 saturated carbocycles. The molecule has 2 N–H and O–H groups in total. The van der Waals surface area contributed by atoms with Gasteiger partial charge < -0.3 is 22.9 Å². The number of nitrogens with two attached hydrogens (primary N) is 1. The van der Waals surface area contributed by atoms with Crippen LogP contribution >= 0.6 is 0 Å². The third-order valence-electron chi connectivity index (χ3n) is 1.75. The molecule has 0 aromatic carbocycles. The standard InChI is InChI=1S/C8H16NO2.C3H5NO.ClH/c1-6-8(10)11-7(2)9(3,4)5;1-2-3(4)5;/h6-7H,1H2,2-5H3;2H,1H2,(H2,4,5);1H/q+1;;/p-1. The average molecular weight is 265 g/mol. The highest BCUT2D eigenvalue weighted by Crippen LogP contribution is 2.03. The lowest BCUT2D eigenvalue weighted by atomic mass is 10.5. The zero-order valence-corrected chi connectivity index (χ0v) is 11.5. The van der Waals surface area contributed by atoms with Crippen LogP contribution in [0.25, 0.3) is 0 Å².